The van der Waals surface area contributed by atoms with Crippen molar-refractivity contribution in [1.29, 1.82) is 0 Å². The van der Waals surface area contributed by atoms with E-state index < -0.39 is 35.8 Å². The van der Waals surface area contributed by atoms with Crippen molar-refractivity contribution in [2.75, 3.05) is 20.3 Å². The summed E-state index contributed by atoms with van der Waals surface area (Å²) < 4.78 is 23.4. The Bertz CT molecular complexity index is 1710. The molecule has 49 heavy (non-hydrogen) atoms. The number of pyridine rings is 1. The van der Waals surface area contributed by atoms with Crippen molar-refractivity contribution < 1.29 is 33.3 Å². The quantitative estimate of drug-likeness (QED) is 0.180. The summed E-state index contributed by atoms with van der Waals surface area (Å²) in [5.74, 6) is 0.376. The first-order valence-corrected chi connectivity index (χ1v) is 17.8. The van der Waals surface area contributed by atoms with Crippen molar-refractivity contribution in [2.24, 2.45) is 11.8 Å². The van der Waals surface area contributed by atoms with Crippen LogP contribution in [-0.4, -0.2) is 76.9 Å². The third-order valence-electron chi connectivity index (χ3n) is 9.04. The number of hydrogen-bond donors (Lipinski definition) is 1. The minimum absolute atomic E-state index is 0.0621. The van der Waals surface area contributed by atoms with Crippen LogP contribution in [0.15, 0.2) is 36.2 Å². The number of hydrogen-bond acceptors (Lipinski definition) is 10. The van der Waals surface area contributed by atoms with Crippen LogP contribution in [-0.2, 0) is 19.1 Å². The molecule has 2 amide bonds. The zero-order valence-electron chi connectivity index (χ0n) is 29.7. The minimum atomic E-state index is -0.882. The van der Waals surface area contributed by atoms with E-state index in [1.165, 1.54) is 16.2 Å². The molecule has 5 atom stereocenters. The first-order chi connectivity index (χ1) is 23.2. The standard InChI is InChI=1S/C37H48N4O7S/c1-10-22-14-25(35(43)46-11-2)26(15-22)39-33(42)29-16-23(18-41(29)36(44)48-37(6,7)8)47-31-17-27(34-40-28(19-49-34)20(3)4)38-32-21(5)30(45-9)13-12-24(31)32/h10,12-13,17,19-20,22-23,25-26,29H,1,11,14-16,18H2,2-9H3,(H,39,42)/t22-,23-,25?,26?,29+/m1/s1. The minimum Gasteiger partial charge on any atom is -0.496 e. The molecule has 11 nitrogen and oxygen atoms in total. The number of methoxy groups -OCH3 is 1. The molecule has 1 aliphatic carbocycles. The van der Waals surface area contributed by atoms with Gasteiger partial charge in [-0.15, -0.1) is 17.9 Å². The summed E-state index contributed by atoms with van der Waals surface area (Å²) in [6.07, 6.45) is 1.97. The van der Waals surface area contributed by atoms with Crippen LogP contribution in [0.4, 0.5) is 4.79 Å². The van der Waals surface area contributed by atoms with Crippen LogP contribution < -0.4 is 14.8 Å². The summed E-state index contributed by atoms with van der Waals surface area (Å²) >= 11 is 1.52. The Hall–Kier alpha value is -4.19. The van der Waals surface area contributed by atoms with Crippen molar-refractivity contribution in [3.05, 3.63) is 47.5 Å². The van der Waals surface area contributed by atoms with E-state index in [1.54, 1.807) is 34.8 Å². The number of esters is 1. The maximum atomic E-state index is 14.0. The molecule has 2 aliphatic rings. The Kier molecular flexibility index (Phi) is 10.9. The first kappa shape index (κ1) is 36.1. The number of nitrogens with zero attached hydrogens (tertiary/aromatic N) is 3. The zero-order chi connectivity index (χ0) is 35.6. The number of aromatic nitrogens is 2. The highest BCUT2D eigenvalue weighted by Crippen LogP contribution is 2.38. The second-order valence-corrected chi connectivity index (χ2v) is 14.9. The van der Waals surface area contributed by atoms with E-state index in [-0.39, 0.29) is 43.3 Å². The lowest BCUT2D eigenvalue weighted by molar-refractivity contribution is -0.148. The molecule has 2 unspecified atom stereocenters. The first-order valence-electron chi connectivity index (χ1n) is 16.9. The van der Waals surface area contributed by atoms with Gasteiger partial charge in [0.05, 0.1) is 37.4 Å². The fourth-order valence-corrected chi connectivity index (χ4v) is 7.47. The van der Waals surface area contributed by atoms with Crippen molar-refractivity contribution in [3.63, 3.8) is 0 Å². The third-order valence-corrected chi connectivity index (χ3v) is 9.92. The Morgan fingerprint density at radius 1 is 1.14 bits per heavy atom. The smallest absolute Gasteiger partial charge is 0.411 e. The molecular formula is C37H48N4O7S. The highest BCUT2D eigenvalue weighted by molar-refractivity contribution is 7.13. The van der Waals surface area contributed by atoms with Crippen molar-refractivity contribution >= 4 is 40.2 Å². The lowest BCUT2D eigenvalue weighted by Gasteiger charge is -2.29. The van der Waals surface area contributed by atoms with Crippen molar-refractivity contribution in [1.82, 2.24) is 20.2 Å². The Balaban J connectivity index is 1.47. The lowest BCUT2D eigenvalue weighted by atomic mass is 10.0. The number of carbonyl (C=O) groups excluding carboxylic acids is 3. The van der Waals surface area contributed by atoms with Gasteiger partial charge in [0.25, 0.3) is 0 Å². The van der Waals surface area contributed by atoms with Gasteiger partial charge in [-0.1, -0.05) is 19.9 Å². The highest BCUT2D eigenvalue weighted by atomic mass is 32.1. The maximum absolute atomic E-state index is 14.0. The normalized spacial score (nSPS) is 22.3. The number of ether oxygens (including phenoxy) is 4. The molecule has 264 valence electrons. The van der Waals surface area contributed by atoms with E-state index in [4.69, 9.17) is 28.9 Å². The van der Waals surface area contributed by atoms with Crippen molar-refractivity contribution in [2.45, 2.75) is 97.4 Å². The summed E-state index contributed by atoms with van der Waals surface area (Å²) in [6.45, 7) is 17.5. The van der Waals surface area contributed by atoms with E-state index in [0.29, 0.717) is 35.6 Å². The molecule has 2 aromatic heterocycles. The Labute approximate surface area is 292 Å². The molecule has 3 heterocycles. The summed E-state index contributed by atoms with van der Waals surface area (Å²) in [6, 6.07) is 4.33. The molecule has 12 heteroatoms. The molecule has 5 rings (SSSR count). The number of fused-ring (bicyclic) bond motifs is 1. The van der Waals surface area contributed by atoms with Gasteiger partial charge in [-0.2, -0.15) is 0 Å². The average Bonchev–Trinajstić information content (AvgIpc) is 3.80. The molecule has 3 aromatic rings. The molecule has 1 aliphatic heterocycles. The molecule has 0 bridgehead atoms. The lowest BCUT2D eigenvalue weighted by Crippen LogP contribution is -2.51. The number of rotatable bonds is 10. The number of thiazole rings is 1. The topological polar surface area (TPSA) is 129 Å². The largest absolute Gasteiger partial charge is 0.496 e. The summed E-state index contributed by atoms with van der Waals surface area (Å²) in [4.78, 5) is 51.6. The van der Waals surface area contributed by atoms with Crippen LogP contribution in [0.25, 0.3) is 21.6 Å². The van der Waals surface area contributed by atoms with Crippen molar-refractivity contribution in [3.8, 4) is 22.2 Å². The predicted molar refractivity (Wildman–Crippen MR) is 189 cm³/mol. The molecule has 1 aromatic carbocycles. The van der Waals surface area contributed by atoms with E-state index in [9.17, 15) is 14.4 Å². The SMILES string of the molecule is C=C[C@H]1CC(NC(=O)[C@@H]2C[C@@H](Oc3cc(-c4nc(C(C)C)cs4)nc4c(C)c(OC)ccc34)CN2C(=O)OC(C)(C)C)C(C(=O)OCC)C1. The Morgan fingerprint density at radius 2 is 1.90 bits per heavy atom. The highest BCUT2D eigenvalue weighted by Gasteiger charge is 2.46. The molecule has 1 N–H and O–H groups in total. The second kappa shape index (κ2) is 14.7. The molecule has 1 saturated heterocycles. The van der Waals surface area contributed by atoms with Gasteiger partial charge in [-0.25, -0.2) is 14.8 Å². The second-order valence-electron chi connectivity index (χ2n) is 14.1. The van der Waals surface area contributed by atoms with Gasteiger partial charge in [0.2, 0.25) is 5.91 Å². The fourth-order valence-electron chi connectivity index (χ4n) is 6.53. The van der Waals surface area contributed by atoms with E-state index in [1.807, 2.05) is 36.6 Å². The number of likely N-dealkylation sites (tertiary alicyclic amines) is 1. The number of allylic oxidation sites excluding steroid dienone is 1. The van der Waals surface area contributed by atoms with Gasteiger partial charge >= 0.3 is 12.1 Å². The third kappa shape index (κ3) is 8.01. The van der Waals surface area contributed by atoms with Gasteiger partial charge in [-0.05, 0) is 71.4 Å². The number of amides is 2. The number of aryl methyl sites for hydroxylation is 1. The zero-order valence-corrected chi connectivity index (χ0v) is 30.5. The fraction of sp³-hybridized carbons (Fsp3) is 0.541. The van der Waals surface area contributed by atoms with E-state index in [2.05, 4.69) is 25.7 Å². The summed E-state index contributed by atoms with van der Waals surface area (Å²) in [5.41, 5.74) is 2.44. The average molecular weight is 693 g/mol. The number of carbonyl (C=O) groups is 3. The molecule has 0 radical (unpaired) electrons. The van der Waals surface area contributed by atoms with Gasteiger partial charge in [-0.3, -0.25) is 14.5 Å². The summed E-state index contributed by atoms with van der Waals surface area (Å²) in [7, 11) is 1.62. The summed E-state index contributed by atoms with van der Waals surface area (Å²) in [5, 5.41) is 6.66. The van der Waals surface area contributed by atoms with Crippen LogP contribution in [0.2, 0.25) is 0 Å². The van der Waals surface area contributed by atoms with Crippen LogP contribution >= 0.6 is 11.3 Å². The molecule has 0 spiro atoms. The van der Waals surface area contributed by atoms with Crippen LogP contribution in [0, 0.1) is 18.8 Å². The van der Waals surface area contributed by atoms with Crippen LogP contribution in [0.5, 0.6) is 11.5 Å². The van der Waals surface area contributed by atoms with Gasteiger partial charge in [0, 0.05) is 34.9 Å². The van der Waals surface area contributed by atoms with Crippen LogP contribution in [0.3, 0.4) is 0 Å². The molecule has 2 fully saturated rings. The maximum Gasteiger partial charge on any atom is 0.411 e. The van der Waals surface area contributed by atoms with E-state index >= 15 is 0 Å². The van der Waals surface area contributed by atoms with E-state index in [0.717, 1.165) is 21.7 Å². The number of benzene rings is 1. The monoisotopic (exact) mass is 692 g/mol. The predicted octanol–water partition coefficient (Wildman–Crippen LogP) is 6.82. The van der Waals surface area contributed by atoms with Gasteiger partial charge < -0.3 is 24.3 Å². The molecular weight excluding hydrogens is 644 g/mol. The van der Waals surface area contributed by atoms with Crippen LogP contribution in [0.1, 0.15) is 78.0 Å². The number of nitrogens with one attached hydrogen (secondary N) is 1. The van der Waals surface area contributed by atoms with Gasteiger partial charge in [0.1, 0.15) is 39.9 Å². The Morgan fingerprint density at radius 3 is 2.53 bits per heavy atom. The van der Waals surface area contributed by atoms with Gasteiger partial charge in [0.15, 0.2) is 0 Å². The molecule has 1 saturated carbocycles.